The molecule has 3 rings (SSSR count). The lowest BCUT2D eigenvalue weighted by Crippen LogP contribution is -2.25. The largest absolute Gasteiger partial charge is 0.356 e. The van der Waals surface area contributed by atoms with E-state index in [4.69, 9.17) is 0 Å². The van der Waals surface area contributed by atoms with Crippen LogP contribution in [0.2, 0.25) is 0 Å². The minimum atomic E-state index is 0.955. The first-order valence-corrected chi connectivity index (χ1v) is 6.40. The Kier molecular flexibility index (Phi) is 2.71. The lowest BCUT2D eigenvalue weighted by molar-refractivity contribution is 0.726. The summed E-state index contributed by atoms with van der Waals surface area (Å²) in [5, 5.41) is 1.16. The molecular weight excluding hydrogens is 212 g/mol. The van der Waals surface area contributed by atoms with Gasteiger partial charge in [-0.2, -0.15) is 0 Å². The number of rotatable bonds is 1. The number of hydrogen-bond donors (Lipinski definition) is 1. The highest BCUT2D eigenvalue weighted by Crippen LogP contribution is 2.25. The summed E-state index contributed by atoms with van der Waals surface area (Å²) in [5.41, 5.74) is 2.10. The average Bonchev–Trinajstić information content (AvgIpc) is 2.55. The van der Waals surface area contributed by atoms with Crippen LogP contribution in [0.15, 0.2) is 12.4 Å². The van der Waals surface area contributed by atoms with Crippen LogP contribution in [-0.4, -0.2) is 28.0 Å². The molecular formula is C13H18N4. The van der Waals surface area contributed by atoms with Crippen LogP contribution >= 0.6 is 0 Å². The van der Waals surface area contributed by atoms with Crippen LogP contribution in [0, 0.1) is 6.92 Å². The van der Waals surface area contributed by atoms with Crippen molar-refractivity contribution in [1.82, 2.24) is 15.0 Å². The van der Waals surface area contributed by atoms with Gasteiger partial charge in [0.2, 0.25) is 0 Å². The van der Waals surface area contributed by atoms with Crippen molar-refractivity contribution in [2.75, 3.05) is 18.0 Å². The maximum atomic E-state index is 4.48. The van der Waals surface area contributed by atoms with E-state index in [0.717, 1.165) is 35.6 Å². The second-order valence-corrected chi connectivity index (χ2v) is 4.81. The van der Waals surface area contributed by atoms with Gasteiger partial charge in [-0.25, -0.2) is 9.97 Å². The summed E-state index contributed by atoms with van der Waals surface area (Å²) in [7, 11) is 0. The fraction of sp³-hybridized carbons (Fsp3) is 0.538. The first kappa shape index (κ1) is 10.6. The quantitative estimate of drug-likeness (QED) is 0.819. The smallest absolute Gasteiger partial charge is 0.143 e. The monoisotopic (exact) mass is 230 g/mol. The molecule has 0 spiro atoms. The number of aryl methyl sites for hydroxylation is 1. The molecule has 90 valence electrons. The predicted molar refractivity (Wildman–Crippen MR) is 69.3 cm³/mol. The van der Waals surface area contributed by atoms with E-state index in [1.807, 2.05) is 0 Å². The van der Waals surface area contributed by atoms with E-state index < -0.39 is 0 Å². The number of nitrogens with zero attached hydrogens (tertiary/aromatic N) is 3. The topological polar surface area (TPSA) is 44.8 Å². The van der Waals surface area contributed by atoms with Gasteiger partial charge in [-0.3, -0.25) is 0 Å². The Morgan fingerprint density at radius 2 is 1.88 bits per heavy atom. The van der Waals surface area contributed by atoms with Gasteiger partial charge in [-0.05, 0) is 25.8 Å². The second kappa shape index (κ2) is 4.35. The van der Waals surface area contributed by atoms with Crippen molar-refractivity contribution in [2.45, 2.75) is 32.6 Å². The third kappa shape index (κ3) is 1.99. The highest BCUT2D eigenvalue weighted by Gasteiger charge is 2.15. The fourth-order valence-electron chi connectivity index (χ4n) is 2.59. The molecule has 1 saturated heterocycles. The third-order valence-corrected chi connectivity index (χ3v) is 3.44. The van der Waals surface area contributed by atoms with Crippen molar-refractivity contribution in [3.05, 3.63) is 18.1 Å². The van der Waals surface area contributed by atoms with Crippen LogP contribution in [-0.2, 0) is 0 Å². The Labute approximate surface area is 101 Å². The molecule has 17 heavy (non-hydrogen) atoms. The van der Waals surface area contributed by atoms with Crippen LogP contribution in [0.5, 0.6) is 0 Å². The number of nitrogens with one attached hydrogen (secondary N) is 1. The number of hydrogen-bond acceptors (Lipinski definition) is 3. The van der Waals surface area contributed by atoms with Gasteiger partial charge in [-0.15, -0.1) is 0 Å². The maximum Gasteiger partial charge on any atom is 0.143 e. The van der Waals surface area contributed by atoms with E-state index >= 15 is 0 Å². The molecule has 3 heterocycles. The predicted octanol–water partition coefficient (Wildman–Crippen LogP) is 2.65. The molecule has 0 saturated carbocycles. The highest BCUT2D eigenvalue weighted by molar-refractivity contribution is 5.88. The van der Waals surface area contributed by atoms with Crippen LogP contribution in [0.4, 0.5) is 5.82 Å². The number of fused-ring (bicyclic) bond motifs is 1. The van der Waals surface area contributed by atoms with E-state index in [9.17, 15) is 0 Å². The standard InChI is InChI=1S/C13H18N4/c1-10-8-11-12(16-10)14-9-15-13(11)17-6-4-2-3-5-7-17/h8-9H,2-7H2,1H3,(H,14,15,16). The number of aromatic nitrogens is 3. The molecule has 1 N–H and O–H groups in total. The molecule has 1 aliphatic rings. The number of aromatic amines is 1. The first-order valence-electron chi connectivity index (χ1n) is 6.40. The summed E-state index contributed by atoms with van der Waals surface area (Å²) in [6, 6.07) is 2.15. The summed E-state index contributed by atoms with van der Waals surface area (Å²) in [4.78, 5) is 14.5. The molecule has 2 aromatic rings. The van der Waals surface area contributed by atoms with Gasteiger partial charge in [-0.1, -0.05) is 12.8 Å². The van der Waals surface area contributed by atoms with Crippen molar-refractivity contribution in [1.29, 1.82) is 0 Å². The van der Waals surface area contributed by atoms with Crippen LogP contribution < -0.4 is 4.90 Å². The van der Waals surface area contributed by atoms with E-state index in [-0.39, 0.29) is 0 Å². The van der Waals surface area contributed by atoms with E-state index in [0.29, 0.717) is 0 Å². The van der Waals surface area contributed by atoms with Crippen LogP contribution in [0.25, 0.3) is 11.0 Å². The second-order valence-electron chi connectivity index (χ2n) is 4.81. The van der Waals surface area contributed by atoms with E-state index in [1.165, 1.54) is 25.7 Å². The lowest BCUT2D eigenvalue weighted by Gasteiger charge is -2.21. The van der Waals surface area contributed by atoms with Gasteiger partial charge in [0.05, 0.1) is 5.39 Å². The molecule has 0 bridgehead atoms. The van der Waals surface area contributed by atoms with Crippen LogP contribution in [0.3, 0.4) is 0 Å². The van der Waals surface area contributed by atoms with Crippen molar-refractivity contribution in [3.63, 3.8) is 0 Å². The summed E-state index contributed by atoms with van der Waals surface area (Å²) in [6.45, 7) is 4.31. The van der Waals surface area contributed by atoms with Crippen molar-refractivity contribution in [3.8, 4) is 0 Å². The number of anilines is 1. The van der Waals surface area contributed by atoms with Gasteiger partial charge in [0.1, 0.15) is 17.8 Å². The van der Waals surface area contributed by atoms with Crippen LogP contribution in [0.1, 0.15) is 31.4 Å². The summed E-state index contributed by atoms with van der Waals surface area (Å²) in [5.74, 6) is 1.10. The molecule has 0 aromatic carbocycles. The molecule has 0 unspecified atom stereocenters. The van der Waals surface area contributed by atoms with Gasteiger partial charge in [0, 0.05) is 18.8 Å². The minimum Gasteiger partial charge on any atom is -0.356 e. The summed E-state index contributed by atoms with van der Waals surface area (Å²) >= 11 is 0. The van der Waals surface area contributed by atoms with E-state index in [2.05, 4.69) is 32.8 Å². The molecule has 0 atom stereocenters. The molecule has 0 amide bonds. The molecule has 4 nitrogen and oxygen atoms in total. The Morgan fingerprint density at radius 1 is 1.12 bits per heavy atom. The number of H-pyrrole nitrogens is 1. The van der Waals surface area contributed by atoms with Crippen molar-refractivity contribution < 1.29 is 0 Å². The Morgan fingerprint density at radius 3 is 2.65 bits per heavy atom. The molecule has 0 radical (unpaired) electrons. The van der Waals surface area contributed by atoms with Gasteiger partial charge in [0.25, 0.3) is 0 Å². The maximum absolute atomic E-state index is 4.48. The first-order chi connectivity index (χ1) is 8.34. The minimum absolute atomic E-state index is 0.955. The highest BCUT2D eigenvalue weighted by atomic mass is 15.2. The van der Waals surface area contributed by atoms with Crippen molar-refractivity contribution >= 4 is 16.9 Å². The SMILES string of the molecule is Cc1cc2c(N3CCCCCC3)ncnc2[nH]1. The zero-order chi connectivity index (χ0) is 11.7. The normalized spacial score (nSPS) is 17.4. The zero-order valence-corrected chi connectivity index (χ0v) is 10.2. The Bertz CT molecular complexity index is 509. The third-order valence-electron chi connectivity index (χ3n) is 3.44. The fourth-order valence-corrected chi connectivity index (χ4v) is 2.59. The lowest BCUT2D eigenvalue weighted by atomic mass is 10.2. The van der Waals surface area contributed by atoms with Crippen molar-refractivity contribution in [2.24, 2.45) is 0 Å². The Hall–Kier alpha value is -1.58. The molecule has 4 heteroatoms. The Balaban J connectivity index is 2.03. The molecule has 1 aliphatic heterocycles. The average molecular weight is 230 g/mol. The zero-order valence-electron chi connectivity index (χ0n) is 10.2. The van der Waals surface area contributed by atoms with E-state index in [1.54, 1.807) is 6.33 Å². The van der Waals surface area contributed by atoms with Gasteiger partial charge >= 0.3 is 0 Å². The molecule has 1 fully saturated rings. The molecule has 2 aromatic heterocycles. The summed E-state index contributed by atoms with van der Waals surface area (Å²) < 4.78 is 0. The van der Waals surface area contributed by atoms with Gasteiger partial charge < -0.3 is 9.88 Å². The summed E-state index contributed by atoms with van der Waals surface area (Å²) in [6.07, 6.45) is 6.90. The molecule has 0 aliphatic carbocycles. The van der Waals surface area contributed by atoms with Gasteiger partial charge in [0.15, 0.2) is 0 Å².